The number of fused-ring (bicyclic) bond motifs is 2. The van der Waals surface area contributed by atoms with Crippen molar-refractivity contribution in [1.82, 2.24) is 24.7 Å². The highest BCUT2D eigenvalue weighted by molar-refractivity contribution is 6.38. The first-order chi connectivity index (χ1) is 18.0. The van der Waals surface area contributed by atoms with Crippen LogP contribution in [0.2, 0.25) is 5.02 Å². The minimum Gasteiger partial charge on any atom is -0.345 e. The lowest BCUT2D eigenvalue weighted by Crippen LogP contribution is -2.48. The van der Waals surface area contributed by atoms with Crippen LogP contribution in [-0.4, -0.2) is 37.8 Å². The van der Waals surface area contributed by atoms with Gasteiger partial charge in [-0.3, -0.25) is 4.68 Å². The standard InChI is InChI=1S/C28H25ClN8/c29-25-19(8-9-22-21(25)16-37(35-22)18-6-7-18)20-15-32-26-24(20)23(14-30)33-27(34-26)36-12-10-28(31,11-13-36)17-4-2-1-3-5-17/h1-5,8-9,15-16,18H,6-7,10-13,31H2,(H,32,33,34). The molecule has 7 rings (SSSR count). The second-order valence-corrected chi connectivity index (χ2v) is 10.5. The Kier molecular flexibility index (Phi) is 5.00. The number of hydrogen-bond donors (Lipinski definition) is 2. The van der Waals surface area contributed by atoms with Crippen LogP contribution in [0.5, 0.6) is 0 Å². The molecule has 3 aromatic heterocycles. The molecule has 8 nitrogen and oxygen atoms in total. The summed E-state index contributed by atoms with van der Waals surface area (Å²) in [6.45, 7) is 1.42. The number of H-pyrrole nitrogens is 1. The van der Waals surface area contributed by atoms with Crippen LogP contribution in [0.1, 0.15) is 43.0 Å². The van der Waals surface area contributed by atoms with Crippen LogP contribution < -0.4 is 10.6 Å². The third kappa shape index (κ3) is 3.66. The summed E-state index contributed by atoms with van der Waals surface area (Å²) in [6.07, 6.45) is 7.75. The molecule has 37 heavy (non-hydrogen) atoms. The number of anilines is 1. The SMILES string of the molecule is N#Cc1nc(N2CCC(N)(c3ccccc3)CC2)nc2[nH]cc(-c3ccc4nn(C5CC5)cc4c3Cl)c12. The topological polar surface area (TPSA) is 112 Å². The monoisotopic (exact) mass is 508 g/mol. The molecule has 9 heteroatoms. The number of hydrogen-bond acceptors (Lipinski definition) is 6. The molecule has 0 atom stereocenters. The molecule has 2 fully saturated rings. The van der Waals surface area contributed by atoms with E-state index in [0.29, 0.717) is 46.8 Å². The van der Waals surface area contributed by atoms with Gasteiger partial charge >= 0.3 is 0 Å². The zero-order chi connectivity index (χ0) is 25.1. The fraction of sp³-hybridized carbons (Fsp3) is 0.286. The molecule has 0 spiro atoms. The summed E-state index contributed by atoms with van der Waals surface area (Å²) in [5.41, 5.74) is 11.0. The van der Waals surface area contributed by atoms with Gasteiger partial charge in [0.1, 0.15) is 11.7 Å². The minimum absolute atomic E-state index is 0.328. The third-order valence-corrected chi connectivity index (χ3v) is 8.17. The van der Waals surface area contributed by atoms with Crippen LogP contribution in [0.15, 0.2) is 54.9 Å². The highest BCUT2D eigenvalue weighted by Crippen LogP contribution is 2.41. The Morgan fingerprint density at radius 1 is 1.05 bits per heavy atom. The number of benzene rings is 2. The van der Waals surface area contributed by atoms with Crippen LogP contribution in [0.25, 0.3) is 33.1 Å². The number of aromatic amines is 1. The second kappa shape index (κ2) is 8.30. The van der Waals surface area contributed by atoms with Crippen molar-refractivity contribution < 1.29 is 0 Å². The molecular weight excluding hydrogens is 484 g/mol. The summed E-state index contributed by atoms with van der Waals surface area (Å²) in [7, 11) is 0. The van der Waals surface area contributed by atoms with Crippen molar-refractivity contribution in [3.8, 4) is 17.2 Å². The van der Waals surface area contributed by atoms with Gasteiger partial charge in [-0.25, -0.2) is 4.98 Å². The Bertz CT molecular complexity index is 1680. The van der Waals surface area contributed by atoms with Crippen LogP contribution >= 0.6 is 11.6 Å². The maximum Gasteiger partial charge on any atom is 0.228 e. The molecule has 1 saturated heterocycles. The zero-order valence-corrected chi connectivity index (χ0v) is 20.9. The van der Waals surface area contributed by atoms with Crippen LogP contribution in [-0.2, 0) is 5.54 Å². The van der Waals surface area contributed by atoms with Crippen molar-refractivity contribution in [2.75, 3.05) is 18.0 Å². The summed E-state index contributed by atoms with van der Waals surface area (Å²) in [5, 5.41) is 16.9. The number of halogens is 1. The first-order valence-electron chi connectivity index (χ1n) is 12.6. The van der Waals surface area contributed by atoms with Gasteiger partial charge in [-0.1, -0.05) is 48.0 Å². The molecular formula is C28H25ClN8. The Labute approximate surface area is 218 Å². The molecule has 2 aromatic carbocycles. The van der Waals surface area contributed by atoms with E-state index in [2.05, 4.69) is 38.2 Å². The average molecular weight is 509 g/mol. The molecule has 1 aliphatic carbocycles. The van der Waals surface area contributed by atoms with Crippen molar-refractivity contribution in [3.05, 3.63) is 71.1 Å². The molecule has 0 radical (unpaired) electrons. The van der Waals surface area contributed by atoms with Crippen molar-refractivity contribution >= 4 is 39.5 Å². The highest BCUT2D eigenvalue weighted by Gasteiger charge is 2.33. The first-order valence-corrected chi connectivity index (χ1v) is 13.0. The van der Waals surface area contributed by atoms with Gasteiger partial charge in [-0.2, -0.15) is 15.3 Å². The summed E-state index contributed by atoms with van der Waals surface area (Å²) >= 11 is 6.89. The van der Waals surface area contributed by atoms with Crippen LogP contribution in [0, 0.1) is 11.3 Å². The van der Waals surface area contributed by atoms with E-state index in [1.807, 2.05) is 47.4 Å². The molecule has 2 aliphatic rings. The van der Waals surface area contributed by atoms with E-state index in [-0.39, 0.29) is 5.54 Å². The van der Waals surface area contributed by atoms with Gasteiger partial charge in [-0.05, 0) is 37.3 Å². The number of nitrogens with two attached hydrogens (primary N) is 1. The van der Waals surface area contributed by atoms with Crippen molar-refractivity contribution in [2.45, 2.75) is 37.3 Å². The Balaban J connectivity index is 1.23. The number of aromatic nitrogens is 5. The van der Waals surface area contributed by atoms with Crippen LogP contribution in [0.4, 0.5) is 5.95 Å². The van der Waals surface area contributed by atoms with Gasteiger partial charge < -0.3 is 15.6 Å². The van der Waals surface area contributed by atoms with E-state index in [4.69, 9.17) is 22.3 Å². The van der Waals surface area contributed by atoms with E-state index in [1.54, 1.807) is 0 Å². The Morgan fingerprint density at radius 2 is 1.84 bits per heavy atom. The fourth-order valence-corrected chi connectivity index (χ4v) is 5.74. The number of nitrogens with one attached hydrogen (secondary N) is 1. The molecule has 0 bridgehead atoms. The van der Waals surface area contributed by atoms with Gasteiger partial charge in [0.25, 0.3) is 0 Å². The molecule has 1 aliphatic heterocycles. The number of nitrogens with zero attached hydrogens (tertiary/aromatic N) is 6. The minimum atomic E-state index is -0.373. The number of nitriles is 1. The second-order valence-electron chi connectivity index (χ2n) is 10.1. The van der Waals surface area contributed by atoms with E-state index in [9.17, 15) is 5.26 Å². The quantitative estimate of drug-likeness (QED) is 0.341. The van der Waals surface area contributed by atoms with Gasteiger partial charge in [-0.15, -0.1) is 0 Å². The zero-order valence-electron chi connectivity index (χ0n) is 20.2. The van der Waals surface area contributed by atoms with Gasteiger partial charge in [0, 0.05) is 47.5 Å². The Hall–Kier alpha value is -3.93. The van der Waals surface area contributed by atoms with Crippen molar-refractivity contribution in [1.29, 1.82) is 5.26 Å². The molecule has 0 unspecified atom stereocenters. The van der Waals surface area contributed by atoms with Crippen LogP contribution in [0.3, 0.4) is 0 Å². The summed E-state index contributed by atoms with van der Waals surface area (Å²) < 4.78 is 2.01. The lowest BCUT2D eigenvalue weighted by Gasteiger charge is -2.39. The largest absolute Gasteiger partial charge is 0.345 e. The average Bonchev–Trinajstić information content (AvgIpc) is 3.55. The van der Waals surface area contributed by atoms with Gasteiger partial charge in [0.2, 0.25) is 5.95 Å². The third-order valence-electron chi connectivity index (χ3n) is 7.77. The Morgan fingerprint density at radius 3 is 2.57 bits per heavy atom. The molecule has 4 heterocycles. The highest BCUT2D eigenvalue weighted by atomic mass is 35.5. The molecule has 3 N–H and O–H groups in total. The molecule has 5 aromatic rings. The lowest BCUT2D eigenvalue weighted by molar-refractivity contribution is 0.340. The lowest BCUT2D eigenvalue weighted by atomic mass is 9.82. The van der Waals surface area contributed by atoms with Gasteiger partial charge in [0.05, 0.1) is 22.0 Å². The van der Waals surface area contributed by atoms with Crippen molar-refractivity contribution in [3.63, 3.8) is 0 Å². The van der Waals surface area contributed by atoms with E-state index >= 15 is 0 Å². The first kappa shape index (κ1) is 22.3. The van der Waals surface area contributed by atoms with E-state index < -0.39 is 0 Å². The maximum absolute atomic E-state index is 10.1. The van der Waals surface area contributed by atoms with E-state index in [1.165, 1.54) is 0 Å². The number of piperidine rings is 1. The summed E-state index contributed by atoms with van der Waals surface area (Å²) in [5.74, 6) is 0.542. The molecule has 0 amide bonds. The summed E-state index contributed by atoms with van der Waals surface area (Å²) in [4.78, 5) is 14.9. The van der Waals surface area contributed by atoms with Gasteiger partial charge in [0.15, 0.2) is 5.69 Å². The summed E-state index contributed by atoms with van der Waals surface area (Å²) in [6, 6.07) is 16.9. The smallest absolute Gasteiger partial charge is 0.228 e. The van der Waals surface area contributed by atoms with Crippen molar-refractivity contribution in [2.24, 2.45) is 5.73 Å². The maximum atomic E-state index is 10.1. The number of rotatable bonds is 4. The predicted molar refractivity (Wildman–Crippen MR) is 144 cm³/mol. The molecule has 1 saturated carbocycles. The van der Waals surface area contributed by atoms with E-state index in [0.717, 1.165) is 53.3 Å². The fourth-order valence-electron chi connectivity index (χ4n) is 5.43. The molecule has 184 valence electrons. The normalized spacial score (nSPS) is 17.4. The predicted octanol–water partition coefficient (Wildman–Crippen LogP) is 5.29.